The smallest absolute Gasteiger partial charge is 0.255 e. The van der Waals surface area contributed by atoms with Crippen LogP contribution in [0.3, 0.4) is 0 Å². The molecule has 1 unspecified atom stereocenters. The van der Waals surface area contributed by atoms with E-state index in [9.17, 15) is 4.79 Å². The van der Waals surface area contributed by atoms with Gasteiger partial charge in [-0.2, -0.15) is 0 Å². The van der Waals surface area contributed by atoms with Gasteiger partial charge in [-0.15, -0.1) is 6.42 Å². The van der Waals surface area contributed by atoms with E-state index in [1.54, 1.807) is 6.92 Å². The lowest BCUT2D eigenvalue weighted by Crippen LogP contribution is -2.41. The van der Waals surface area contributed by atoms with Crippen LogP contribution < -0.4 is 10.9 Å². The van der Waals surface area contributed by atoms with Crippen LogP contribution in [0.1, 0.15) is 43.9 Å². The number of nitrogens with zero attached hydrogens (tertiary/aromatic N) is 1. The molecular formula is C13H19N3O. The molecule has 1 aromatic rings. The second kappa shape index (κ2) is 4.72. The monoisotopic (exact) mass is 233 g/mol. The highest BCUT2D eigenvalue weighted by Gasteiger charge is 2.21. The Hall–Kier alpha value is -1.60. The van der Waals surface area contributed by atoms with E-state index < -0.39 is 5.54 Å². The highest BCUT2D eigenvalue weighted by molar-refractivity contribution is 5.22. The molecule has 0 amide bonds. The van der Waals surface area contributed by atoms with Gasteiger partial charge in [-0.05, 0) is 34.6 Å². The van der Waals surface area contributed by atoms with Gasteiger partial charge in [0.05, 0.1) is 11.1 Å². The zero-order chi connectivity index (χ0) is 13.2. The van der Waals surface area contributed by atoms with Crippen LogP contribution in [0.25, 0.3) is 0 Å². The maximum atomic E-state index is 11.9. The summed E-state index contributed by atoms with van der Waals surface area (Å²) in [5.41, 5.74) is 0.809. The summed E-state index contributed by atoms with van der Waals surface area (Å²) in [7, 11) is 0. The minimum absolute atomic E-state index is 0.108. The largest absolute Gasteiger partial charge is 0.310 e. The van der Waals surface area contributed by atoms with Crippen molar-refractivity contribution in [2.24, 2.45) is 0 Å². The Morgan fingerprint density at radius 3 is 2.53 bits per heavy atom. The second-order valence-corrected chi connectivity index (χ2v) is 4.79. The number of nitrogens with one attached hydrogen (secondary N) is 2. The highest BCUT2D eigenvalue weighted by atomic mass is 16.1. The minimum atomic E-state index is -0.455. The zero-order valence-electron chi connectivity index (χ0n) is 11.0. The van der Waals surface area contributed by atoms with Crippen LogP contribution in [-0.2, 0) is 0 Å². The van der Waals surface area contributed by atoms with E-state index >= 15 is 0 Å². The molecule has 92 valence electrons. The van der Waals surface area contributed by atoms with E-state index in [1.807, 2.05) is 27.7 Å². The number of hydrogen-bond acceptors (Lipinski definition) is 3. The first-order valence-electron chi connectivity index (χ1n) is 5.59. The normalized spacial score (nSPS) is 13.2. The number of aryl methyl sites for hydroxylation is 2. The molecule has 0 fully saturated rings. The molecule has 17 heavy (non-hydrogen) atoms. The molecule has 0 aromatic carbocycles. The fourth-order valence-electron chi connectivity index (χ4n) is 1.90. The van der Waals surface area contributed by atoms with E-state index in [0.29, 0.717) is 11.4 Å². The SMILES string of the molecule is C#CC(C)(C)NC(C)c1c(C)nc(C)[nH]c1=O. The number of aromatic nitrogens is 2. The lowest BCUT2D eigenvalue weighted by molar-refractivity contribution is 0.427. The Morgan fingerprint density at radius 1 is 1.47 bits per heavy atom. The number of H-pyrrole nitrogens is 1. The lowest BCUT2D eigenvalue weighted by Gasteiger charge is -2.25. The van der Waals surface area contributed by atoms with Crippen LogP contribution in [0.4, 0.5) is 0 Å². The molecule has 0 radical (unpaired) electrons. The van der Waals surface area contributed by atoms with Gasteiger partial charge in [-0.1, -0.05) is 5.92 Å². The molecule has 0 saturated carbocycles. The first-order valence-corrected chi connectivity index (χ1v) is 5.59. The molecular weight excluding hydrogens is 214 g/mol. The third-order valence-electron chi connectivity index (χ3n) is 2.64. The molecule has 0 spiro atoms. The van der Waals surface area contributed by atoms with Crippen LogP contribution in [0.2, 0.25) is 0 Å². The third kappa shape index (κ3) is 3.18. The van der Waals surface area contributed by atoms with Gasteiger partial charge < -0.3 is 4.98 Å². The molecule has 4 nitrogen and oxygen atoms in total. The van der Waals surface area contributed by atoms with Crippen LogP contribution in [-0.4, -0.2) is 15.5 Å². The van der Waals surface area contributed by atoms with Crippen molar-refractivity contribution in [1.29, 1.82) is 0 Å². The van der Waals surface area contributed by atoms with E-state index in [1.165, 1.54) is 0 Å². The quantitative estimate of drug-likeness (QED) is 0.777. The van der Waals surface area contributed by atoms with Gasteiger partial charge in [-0.3, -0.25) is 10.1 Å². The zero-order valence-corrected chi connectivity index (χ0v) is 11.0. The van der Waals surface area contributed by atoms with E-state index in [2.05, 4.69) is 21.2 Å². The molecule has 1 rings (SSSR count). The average molecular weight is 233 g/mol. The summed E-state index contributed by atoms with van der Waals surface area (Å²) >= 11 is 0. The molecule has 2 N–H and O–H groups in total. The van der Waals surface area contributed by atoms with Crippen molar-refractivity contribution in [2.45, 2.75) is 46.2 Å². The van der Waals surface area contributed by atoms with Crippen molar-refractivity contribution in [3.05, 3.63) is 27.4 Å². The van der Waals surface area contributed by atoms with Crippen molar-refractivity contribution in [2.75, 3.05) is 0 Å². The fourth-order valence-corrected chi connectivity index (χ4v) is 1.90. The summed E-state index contributed by atoms with van der Waals surface area (Å²) in [5.74, 6) is 3.27. The standard InChI is InChI=1S/C13H19N3O/c1-7-13(5,6)16-9(3)11-8(2)14-10(4)15-12(11)17/h1,9,16H,2-6H3,(H,14,15,17). The van der Waals surface area contributed by atoms with Crippen LogP contribution >= 0.6 is 0 Å². The van der Waals surface area contributed by atoms with Gasteiger partial charge in [0, 0.05) is 11.7 Å². The Kier molecular flexibility index (Phi) is 3.74. The topological polar surface area (TPSA) is 57.8 Å². The van der Waals surface area contributed by atoms with E-state index in [4.69, 9.17) is 6.42 Å². The summed E-state index contributed by atoms with van der Waals surface area (Å²) in [6.07, 6.45) is 5.42. The Labute approximate surface area is 102 Å². The summed E-state index contributed by atoms with van der Waals surface area (Å²) < 4.78 is 0. The van der Waals surface area contributed by atoms with Crippen molar-refractivity contribution in [3.63, 3.8) is 0 Å². The number of aromatic amines is 1. The van der Waals surface area contributed by atoms with Gasteiger partial charge in [0.1, 0.15) is 5.82 Å². The average Bonchev–Trinajstić information content (AvgIpc) is 2.14. The van der Waals surface area contributed by atoms with Crippen molar-refractivity contribution >= 4 is 0 Å². The maximum absolute atomic E-state index is 11.9. The molecule has 0 saturated heterocycles. The van der Waals surface area contributed by atoms with Crippen molar-refractivity contribution in [3.8, 4) is 12.3 Å². The van der Waals surface area contributed by atoms with Gasteiger partial charge in [-0.25, -0.2) is 4.98 Å². The summed E-state index contributed by atoms with van der Waals surface area (Å²) in [6, 6.07) is -0.141. The summed E-state index contributed by atoms with van der Waals surface area (Å²) in [5, 5.41) is 3.23. The summed E-state index contributed by atoms with van der Waals surface area (Å²) in [6.45, 7) is 9.30. The molecule has 0 aliphatic heterocycles. The molecule has 0 bridgehead atoms. The van der Waals surface area contributed by atoms with E-state index in [0.717, 1.165) is 5.69 Å². The lowest BCUT2D eigenvalue weighted by atomic mass is 10.0. The van der Waals surface area contributed by atoms with Crippen molar-refractivity contribution in [1.82, 2.24) is 15.3 Å². The van der Waals surface area contributed by atoms with Gasteiger partial charge in [0.2, 0.25) is 0 Å². The van der Waals surface area contributed by atoms with E-state index in [-0.39, 0.29) is 11.6 Å². The summed E-state index contributed by atoms with van der Waals surface area (Å²) in [4.78, 5) is 18.9. The predicted octanol–water partition coefficient (Wildman–Crippen LogP) is 1.45. The van der Waals surface area contributed by atoms with Crippen LogP contribution in [0.15, 0.2) is 4.79 Å². The van der Waals surface area contributed by atoms with Crippen LogP contribution in [0.5, 0.6) is 0 Å². The number of rotatable bonds is 3. The first-order chi connectivity index (χ1) is 7.76. The molecule has 0 aliphatic rings. The van der Waals surface area contributed by atoms with Gasteiger partial charge in [0.15, 0.2) is 0 Å². The molecule has 1 heterocycles. The molecule has 4 heteroatoms. The highest BCUT2D eigenvalue weighted by Crippen LogP contribution is 2.14. The maximum Gasteiger partial charge on any atom is 0.255 e. The van der Waals surface area contributed by atoms with Crippen LogP contribution in [0, 0.1) is 26.2 Å². The second-order valence-electron chi connectivity index (χ2n) is 4.79. The first kappa shape index (κ1) is 13.5. The number of terminal acetylenes is 1. The Morgan fingerprint density at radius 2 is 2.06 bits per heavy atom. The number of hydrogen-bond donors (Lipinski definition) is 2. The predicted molar refractivity (Wildman–Crippen MR) is 68.8 cm³/mol. The Bertz CT molecular complexity index is 508. The Balaban J connectivity index is 3.11. The molecule has 1 aromatic heterocycles. The van der Waals surface area contributed by atoms with Gasteiger partial charge in [0.25, 0.3) is 5.56 Å². The minimum Gasteiger partial charge on any atom is -0.310 e. The third-order valence-corrected chi connectivity index (χ3v) is 2.64. The van der Waals surface area contributed by atoms with Gasteiger partial charge >= 0.3 is 0 Å². The molecule has 0 aliphatic carbocycles. The fraction of sp³-hybridized carbons (Fsp3) is 0.538. The molecule has 1 atom stereocenters. The van der Waals surface area contributed by atoms with Crippen molar-refractivity contribution < 1.29 is 0 Å².